The van der Waals surface area contributed by atoms with Gasteiger partial charge in [0.2, 0.25) is 29.6 Å². The lowest BCUT2D eigenvalue weighted by Crippen LogP contribution is -2.43. The Morgan fingerprint density at radius 1 is 0.634 bits per heavy atom. The number of halogens is 5. The maximum Gasteiger partial charge on any atom is 0.355 e. The van der Waals surface area contributed by atoms with Crippen LogP contribution in [0.3, 0.4) is 0 Å². The van der Waals surface area contributed by atoms with Gasteiger partial charge in [-0.2, -0.15) is 9.97 Å². The first kappa shape index (κ1) is 66.2. The molecule has 9 rings (SSSR count). The van der Waals surface area contributed by atoms with Gasteiger partial charge in [0.1, 0.15) is 29.4 Å². The predicted molar refractivity (Wildman–Crippen MR) is 334 cm³/mol. The van der Waals surface area contributed by atoms with Crippen LogP contribution in [-0.2, 0) is 40.6 Å². The maximum absolute atomic E-state index is 13.5. The van der Waals surface area contributed by atoms with E-state index in [0.29, 0.717) is 99.2 Å². The SMILES string of the molecule is COc1ccc(Cn2c(NCCCC3=NCC(=O)N3)nc(=O)n(Cc3ccc(Cl)c(Cl)c3)c2=O)cc1.COc1ccc(Cn2c(NCCN)nc(=O)n(Cc3ccc(Cl)c(Cl)c3)c2=O)cc1.CSC1NCC(=O)N1.I.O=C1CNC(=S)N1. The topological polar surface area (TPSA) is 306 Å². The zero-order chi connectivity index (χ0) is 58.6. The minimum absolute atomic E-state index is 0. The van der Waals surface area contributed by atoms with E-state index in [1.165, 1.54) is 9.13 Å². The standard InChI is InChI=1S/C24H24Cl2N6O4.C20H21Cl2N5O3.C4H8N2OS.C3H4N2OS.HI/c1-36-17-7-4-15(5-8-17)13-31-22(27-10-2-3-20-28-12-21(33)29-20)30-23(34)32(24(31)35)14-16-6-9-18(25)19(26)11-16;1-30-15-5-2-13(3-6-15)11-26-18(24-9-8-23)25-19(28)27(20(26)29)12-14-4-7-16(21)17(22)10-14;1-8-4-5-2-3(7)6-4;6-2-1-4-3(7)5-2;/h4-9,11H,2-3,10,12-14H2,1H3,(H,27,30,34)(H,28,29,33);2-7,10H,8-9,11-12,23H2,1H3,(H,24,25,28);4-5H,2H2,1H3,(H,6,7);1H2,(H2,4,5,6,7);1H. The van der Waals surface area contributed by atoms with Crippen LogP contribution in [-0.4, -0.2) is 122 Å². The van der Waals surface area contributed by atoms with Gasteiger partial charge in [0.05, 0.1) is 73.6 Å². The number of ether oxygens (including phenoxy) is 2. The lowest BCUT2D eigenvalue weighted by molar-refractivity contribution is -0.118. The van der Waals surface area contributed by atoms with Crippen molar-refractivity contribution in [1.29, 1.82) is 0 Å². The summed E-state index contributed by atoms with van der Waals surface area (Å²) >= 11 is 30.2. The first-order valence-electron chi connectivity index (χ1n) is 24.6. The number of rotatable bonds is 19. The molecule has 0 aliphatic carbocycles. The normalized spacial score (nSPS) is 14.0. The molecule has 6 aromatic rings. The van der Waals surface area contributed by atoms with Gasteiger partial charge in [-0.3, -0.25) is 33.8 Å². The Kier molecular flexibility index (Phi) is 26.6. The molecule has 0 bridgehead atoms. The molecule has 31 heteroatoms. The molecule has 0 saturated carbocycles. The molecule has 1 unspecified atom stereocenters. The van der Waals surface area contributed by atoms with Gasteiger partial charge in [0, 0.05) is 26.1 Å². The third kappa shape index (κ3) is 19.8. The van der Waals surface area contributed by atoms with Crippen LogP contribution in [0.25, 0.3) is 0 Å². The number of amidine groups is 1. The van der Waals surface area contributed by atoms with E-state index in [4.69, 9.17) is 61.6 Å². The number of anilines is 2. The van der Waals surface area contributed by atoms with E-state index in [-0.39, 0.29) is 91.8 Å². The number of nitrogens with two attached hydrogens (primary N) is 1. The van der Waals surface area contributed by atoms with Crippen molar-refractivity contribution in [3.8, 4) is 11.5 Å². The summed E-state index contributed by atoms with van der Waals surface area (Å²) in [7, 11) is 3.16. The minimum atomic E-state index is -0.688. The summed E-state index contributed by atoms with van der Waals surface area (Å²) in [5.41, 5.74) is 6.27. The van der Waals surface area contributed by atoms with Crippen LogP contribution in [0.15, 0.2) is 109 Å². The van der Waals surface area contributed by atoms with Crippen molar-refractivity contribution in [1.82, 2.24) is 54.8 Å². The highest BCUT2D eigenvalue weighted by Gasteiger charge is 2.19. The number of nitrogens with zero attached hydrogens (tertiary/aromatic N) is 7. The number of thiocarbonyl (C=S) groups is 1. The Hall–Kier alpha value is -6.57. The van der Waals surface area contributed by atoms with Crippen LogP contribution in [0.1, 0.15) is 35.1 Å². The fraction of sp³-hybridized carbons (Fsp3) is 0.314. The molecule has 2 saturated heterocycles. The van der Waals surface area contributed by atoms with E-state index in [1.54, 1.807) is 86.6 Å². The van der Waals surface area contributed by atoms with Gasteiger partial charge >= 0.3 is 22.8 Å². The number of benzene rings is 4. The van der Waals surface area contributed by atoms with Gasteiger partial charge in [0.15, 0.2) is 5.11 Å². The number of methoxy groups -OCH3 is 2. The van der Waals surface area contributed by atoms with Crippen LogP contribution in [0.4, 0.5) is 11.9 Å². The molecule has 2 fully saturated rings. The summed E-state index contributed by atoms with van der Waals surface area (Å²) < 4.78 is 15.3. The Labute approximate surface area is 516 Å². The molecule has 24 nitrogen and oxygen atoms in total. The quantitative estimate of drug-likeness (QED) is 0.0326. The van der Waals surface area contributed by atoms with E-state index in [0.717, 1.165) is 20.3 Å². The van der Waals surface area contributed by atoms with Gasteiger partial charge in [0.25, 0.3) is 0 Å². The number of hydrogen-bond acceptors (Lipinski definition) is 18. The Bertz CT molecular complexity index is 3490. The van der Waals surface area contributed by atoms with Crippen molar-refractivity contribution in [2.45, 2.75) is 44.5 Å². The predicted octanol–water partition coefficient (Wildman–Crippen LogP) is 3.69. The third-order valence-electron chi connectivity index (χ3n) is 11.6. The van der Waals surface area contributed by atoms with Crippen molar-refractivity contribution in [2.24, 2.45) is 10.7 Å². The van der Waals surface area contributed by atoms with E-state index in [2.05, 4.69) is 64.4 Å². The first-order valence-corrected chi connectivity index (χ1v) is 27.8. The smallest absolute Gasteiger partial charge is 0.355 e. The number of hydrogen-bond donors (Lipinski definition) is 8. The van der Waals surface area contributed by atoms with Crippen LogP contribution >= 0.6 is 94.4 Å². The molecule has 1 atom stereocenters. The highest BCUT2D eigenvalue weighted by Crippen LogP contribution is 2.24. The van der Waals surface area contributed by atoms with Crippen LogP contribution in [0.5, 0.6) is 11.5 Å². The number of carbonyl (C=O) groups is 3. The van der Waals surface area contributed by atoms with E-state index in [9.17, 15) is 33.6 Å². The molecule has 0 spiro atoms. The summed E-state index contributed by atoms with van der Waals surface area (Å²) in [6.07, 6.45) is 3.11. The molecule has 9 N–H and O–H groups in total. The molecule has 438 valence electrons. The van der Waals surface area contributed by atoms with Crippen molar-refractivity contribution < 1.29 is 23.9 Å². The van der Waals surface area contributed by atoms with E-state index >= 15 is 0 Å². The van der Waals surface area contributed by atoms with Gasteiger partial charge in [-0.25, -0.2) is 28.3 Å². The molecular formula is C51H58Cl4IN15O9S2. The van der Waals surface area contributed by atoms with Crippen molar-refractivity contribution in [3.05, 3.63) is 169 Å². The monoisotopic (exact) mass is 1360 g/mol. The molecule has 2 aromatic heterocycles. The van der Waals surface area contributed by atoms with Gasteiger partial charge in [-0.05, 0) is 95.7 Å². The van der Waals surface area contributed by atoms with E-state index < -0.39 is 22.8 Å². The Morgan fingerprint density at radius 2 is 1.11 bits per heavy atom. The zero-order valence-corrected chi connectivity index (χ0v) is 51.3. The van der Waals surface area contributed by atoms with Crippen LogP contribution in [0.2, 0.25) is 20.1 Å². The summed E-state index contributed by atoms with van der Waals surface area (Å²) in [5.74, 6) is 2.25. The average Bonchev–Trinajstić information content (AvgIpc) is 4.27. The average molecular weight is 1360 g/mol. The fourth-order valence-corrected chi connectivity index (χ4v) is 8.82. The largest absolute Gasteiger partial charge is 0.497 e. The number of carbonyl (C=O) groups excluding carboxylic acids is 3. The lowest BCUT2D eigenvalue weighted by Gasteiger charge is -2.16. The number of aliphatic imine (C=N–C) groups is 1. The minimum Gasteiger partial charge on any atom is -0.497 e. The number of nitrogens with one attached hydrogen (secondary N) is 7. The summed E-state index contributed by atoms with van der Waals surface area (Å²) in [6, 6.07) is 24.4. The molecule has 3 amide bonds. The number of amides is 3. The van der Waals surface area contributed by atoms with Gasteiger partial charge in [-0.1, -0.05) is 82.8 Å². The highest BCUT2D eigenvalue weighted by molar-refractivity contribution is 14.0. The third-order valence-corrected chi connectivity index (χ3v) is 14.1. The van der Waals surface area contributed by atoms with Crippen molar-refractivity contribution >= 4 is 135 Å². The van der Waals surface area contributed by atoms with Crippen molar-refractivity contribution in [3.63, 3.8) is 0 Å². The Morgan fingerprint density at radius 3 is 1.46 bits per heavy atom. The summed E-state index contributed by atoms with van der Waals surface area (Å²) in [5, 5.41) is 21.3. The molecule has 82 heavy (non-hydrogen) atoms. The molecule has 5 heterocycles. The molecule has 3 aliphatic rings. The van der Waals surface area contributed by atoms with Crippen molar-refractivity contribution in [2.75, 3.05) is 70.4 Å². The molecule has 3 aliphatic heterocycles. The Balaban J connectivity index is 0.000000239. The summed E-state index contributed by atoms with van der Waals surface area (Å²) in [6.45, 7) is 2.45. The van der Waals surface area contributed by atoms with E-state index in [1.807, 2.05) is 30.5 Å². The molecule has 4 aromatic carbocycles. The first-order chi connectivity index (χ1) is 38.9. The second-order valence-electron chi connectivity index (χ2n) is 17.4. The number of thioether (sulfide) groups is 1. The lowest BCUT2D eigenvalue weighted by atomic mass is 10.2. The highest BCUT2D eigenvalue weighted by atomic mass is 127. The number of aromatic nitrogens is 6. The maximum atomic E-state index is 13.5. The second-order valence-corrected chi connectivity index (χ2v) is 20.4. The second kappa shape index (κ2) is 32.9. The van der Waals surface area contributed by atoms with Gasteiger partial charge < -0.3 is 47.1 Å². The van der Waals surface area contributed by atoms with Crippen LogP contribution < -0.4 is 75.2 Å². The fourth-order valence-electron chi connectivity index (χ4n) is 7.49. The summed E-state index contributed by atoms with van der Waals surface area (Å²) in [4.78, 5) is 96.3. The molecule has 0 radical (unpaired) electrons. The van der Waals surface area contributed by atoms with Crippen LogP contribution in [0, 0.1) is 0 Å². The van der Waals surface area contributed by atoms with Gasteiger partial charge in [-0.15, -0.1) is 35.7 Å². The molecular weight excluding hydrogens is 1300 g/mol. The zero-order valence-electron chi connectivity index (χ0n) is 44.3.